The van der Waals surface area contributed by atoms with E-state index in [1.165, 1.54) is 82.0 Å². The molecule has 0 spiro atoms. The van der Waals surface area contributed by atoms with Crippen molar-refractivity contribution in [2.24, 2.45) is 0 Å². The Morgan fingerprint density at radius 1 is 0.534 bits per heavy atom. The minimum atomic E-state index is -0.134. The van der Waals surface area contributed by atoms with Crippen LogP contribution in [0.25, 0.3) is 93.5 Å². The van der Waals surface area contributed by atoms with Gasteiger partial charge in [-0.2, -0.15) is 0 Å². The van der Waals surface area contributed by atoms with E-state index in [1.807, 2.05) is 0 Å². The first kappa shape index (κ1) is 33.1. The molecule has 0 amide bonds. The molecule has 274 valence electrons. The van der Waals surface area contributed by atoms with Crippen molar-refractivity contribution in [3.05, 3.63) is 205 Å². The maximum absolute atomic E-state index is 5.11. The molecule has 0 fully saturated rings. The van der Waals surface area contributed by atoms with Crippen LogP contribution in [0.3, 0.4) is 0 Å². The van der Waals surface area contributed by atoms with Crippen LogP contribution in [0.5, 0.6) is 0 Å². The van der Waals surface area contributed by atoms with E-state index in [2.05, 4.69) is 207 Å². The summed E-state index contributed by atoms with van der Waals surface area (Å²) in [6.45, 7) is 4.82. The highest BCUT2D eigenvalue weighted by molar-refractivity contribution is 6.20. The number of nitrogens with zero attached hydrogens (tertiary/aromatic N) is 2. The van der Waals surface area contributed by atoms with Crippen LogP contribution in [-0.2, 0) is 5.41 Å². The van der Waals surface area contributed by atoms with Crippen LogP contribution in [0.2, 0.25) is 0 Å². The standard InChI is InChI=1S/C56H40N2/c1-56(2)48-33-30-37(34-47(48)53-41-20-8-6-18-39(41)40-19-7-13-25-46(40)54(53)56)52-44-23-11-9-21-42(44)51(43-22-10-12-24-45(43)52)35-28-31-38(32-29-35)58-50-27-15-14-26-49(50)57-55(58)36-16-4-3-5-17-36/h3-28,30-35H,29H2,1-2H3. The molecule has 2 aliphatic carbocycles. The number of aromatic nitrogens is 2. The molecule has 0 saturated carbocycles. The summed E-state index contributed by atoms with van der Waals surface area (Å²) in [5.41, 5.74) is 13.8. The molecule has 58 heavy (non-hydrogen) atoms. The van der Waals surface area contributed by atoms with Gasteiger partial charge in [-0.05, 0) is 113 Å². The van der Waals surface area contributed by atoms with Gasteiger partial charge in [0, 0.05) is 22.6 Å². The number of allylic oxidation sites excluding steroid dienone is 4. The van der Waals surface area contributed by atoms with Crippen LogP contribution in [0.4, 0.5) is 0 Å². The average molecular weight is 741 g/mol. The van der Waals surface area contributed by atoms with Gasteiger partial charge in [-0.3, -0.25) is 4.57 Å². The second-order valence-electron chi connectivity index (χ2n) is 16.6. The topological polar surface area (TPSA) is 17.8 Å². The van der Waals surface area contributed by atoms with Gasteiger partial charge in [0.1, 0.15) is 5.82 Å². The Kier molecular flexibility index (Phi) is 7.13. The zero-order valence-electron chi connectivity index (χ0n) is 32.6. The lowest BCUT2D eigenvalue weighted by Gasteiger charge is -2.25. The van der Waals surface area contributed by atoms with Crippen molar-refractivity contribution in [2.45, 2.75) is 31.6 Å². The quantitative estimate of drug-likeness (QED) is 0.130. The highest BCUT2D eigenvalue weighted by Gasteiger charge is 2.38. The maximum atomic E-state index is 5.11. The molecule has 1 unspecified atom stereocenters. The first-order valence-electron chi connectivity index (χ1n) is 20.5. The van der Waals surface area contributed by atoms with Crippen molar-refractivity contribution in [3.63, 3.8) is 0 Å². The fraction of sp³-hybridized carbons (Fsp3) is 0.0893. The van der Waals surface area contributed by atoms with E-state index in [1.54, 1.807) is 0 Å². The van der Waals surface area contributed by atoms with Crippen LogP contribution in [-0.4, -0.2) is 9.55 Å². The molecule has 1 aromatic heterocycles. The molecule has 2 aliphatic rings. The van der Waals surface area contributed by atoms with Gasteiger partial charge < -0.3 is 0 Å². The van der Waals surface area contributed by atoms with Crippen LogP contribution in [0, 0.1) is 0 Å². The van der Waals surface area contributed by atoms with Gasteiger partial charge in [-0.1, -0.05) is 178 Å². The highest BCUT2D eigenvalue weighted by atomic mass is 15.1. The molecule has 2 nitrogen and oxygen atoms in total. The summed E-state index contributed by atoms with van der Waals surface area (Å²) in [5, 5.41) is 10.6. The second kappa shape index (κ2) is 12.5. The van der Waals surface area contributed by atoms with E-state index in [4.69, 9.17) is 4.98 Å². The van der Waals surface area contributed by atoms with Gasteiger partial charge in [0.2, 0.25) is 0 Å². The lowest BCUT2D eigenvalue weighted by molar-refractivity contribution is 0.666. The first-order valence-corrected chi connectivity index (χ1v) is 20.5. The van der Waals surface area contributed by atoms with Gasteiger partial charge in [-0.15, -0.1) is 0 Å². The molecule has 0 radical (unpaired) electrons. The lowest BCUT2D eigenvalue weighted by atomic mass is 9.79. The normalized spacial score (nSPS) is 15.7. The molecule has 2 heteroatoms. The van der Waals surface area contributed by atoms with Crippen molar-refractivity contribution >= 4 is 59.8 Å². The van der Waals surface area contributed by atoms with E-state index in [0.29, 0.717) is 0 Å². The minimum absolute atomic E-state index is 0.134. The largest absolute Gasteiger partial charge is 0.293 e. The maximum Gasteiger partial charge on any atom is 0.145 e. The summed E-state index contributed by atoms with van der Waals surface area (Å²) < 4.78 is 2.33. The third kappa shape index (κ3) is 4.69. The van der Waals surface area contributed by atoms with Crippen LogP contribution < -0.4 is 0 Å². The Bertz CT molecular complexity index is 3340. The second-order valence-corrected chi connectivity index (χ2v) is 16.6. The fourth-order valence-electron chi connectivity index (χ4n) is 10.6. The third-order valence-corrected chi connectivity index (χ3v) is 13.1. The fourth-order valence-corrected chi connectivity index (χ4v) is 10.6. The van der Waals surface area contributed by atoms with E-state index >= 15 is 0 Å². The Morgan fingerprint density at radius 2 is 1.10 bits per heavy atom. The number of rotatable bonds is 4. The molecule has 9 aromatic carbocycles. The predicted octanol–water partition coefficient (Wildman–Crippen LogP) is 14.9. The molecular formula is C56H40N2. The molecule has 0 aliphatic heterocycles. The van der Waals surface area contributed by atoms with Gasteiger partial charge >= 0.3 is 0 Å². The smallest absolute Gasteiger partial charge is 0.145 e. The molecule has 10 aromatic rings. The Balaban J connectivity index is 1.03. The Morgan fingerprint density at radius 3 is 1.78 bits per heavy atom. The van der Waals surface area contributed by atoms with Gasteiger partial charge in [-0.25, -0.2) is 4.98 Å². The summed E-state index contributed by atoms with van der Waals surface area (Å²) in [4.78, 5) is 5.11. The van der Waals surface area contributed by atoms with Crippen molar-refractivity contribution < 1.29 is 0 Å². The minimum Gasteiger partial charge on any atom is -0.293 e. The molecular weight excluding hydrogens is 701 g/mol. The number of hydrogen-bond donors (Lipinski definition) is 0. The van der Waals surface area contributed by atoms with Gasteiger partial charge in [0.25, 0.3) is 0 Å². The number of benzene rings is 9. The zero-order chi connectivity index (χ0) is 38.5. The van der Waals surface area contributed by atoms with Crippen molar-refractivity contribution in [1.82, 2.24) is 9.55 Å². The summed E-state index contributed by atoms with van der Waals surface area (Å²) >= 11 is 0. The van der Waals surface area contributed by atoms with Gasteiger partial charge in [0.05, 0.1) is 11.0 Å². The monoisotopic (exact) mass is 740 g/mol. The summed E-state index contributed by atoms with van der Waals surface area (Å²) in [6, 6.07) is 62.5. The Labute approximate surface area is 338 Å². The van der Waals surface area contributed by atoms with Crippen molar-refractivity contribution in [3.8, 4) is 33.6 Å². The van der Waals surface area contributed by atoms with Crippen LogP contribution in [0.15, 0.2) is 188 Å². The number of fused-ring (bicyclic) bond motifs is 11. The molecule has 0 saturated heterocycles. The SMILES string of the molecule is CC1(C)c2ccc(-c3c4ccccc4c(C4C=CC(n5c(-c6ccccc6)nc6ccccc65)=CC4)c4ccccc34)cc2-c2c1c1ccccc1c1ccccc21. The van der Waals surface area contributed by atoms with Crippen LogP contribution >= 0.6 is 0 Å². The third-order valence-electron chi connectivity index (χ3n) is 13.1. The summed E-state index contributed by atoms with van der Waals surface area (Å²) in [6.07, 6.45) is 8.05. The zero-order valence-corrected chi connectivity index (χ0v) is 32.6. The average Bonchev–Trinajstić information content (AvgIpc) is 3.78. The van der Waals surface area contributed by atoms with Crippen molar-refractivity contribution in [1.29, 1.82) is 0 Å². The summed E-state index contributed by atoms with van der Waals surface area (Å²) in [7, 11) is 0. The molecule has 1 heterocycles. The Hall–Kier alpha value is -7.03. The molecule has 1 atom stereocenters. The molecule has 0 bridgehead atoms. The predicted molar refractivity (Wildman–Crippen MR) is 245 cm³/mol. The van der Waals surface area contributed by atoms with E-state index in [9.17, 15) is 0 Å². The van der Waals surface area contributed by atoms with E-state index < -0.39 is 0 Å². The molecule has 12 rings (SSSR count). The highest BCUT2D eigenvalue weighted by Crippen LogP contribution is 2.56. The first-order chi connectivity index (χ1) is 28.6. The number of imidazole rings is 1. The number of para-hydroxylation sites is 2. The summed E-state index contributed by atoms with van der Waals surface area (Å²) in [5.74, 6) is 1.19. The van der Waals surface area contributed by atoms with E-state index in [0.717, 1.165) is 34.5 Å². The molecule has 0 N–H and O–H groups in total. The van der Waals surface area contributed by atoms with Crippen molar-refractivity contribution in [2.75, 3.05) is 0 Å². The van der Waals surface area contributed by atoms with Gasteiger partial charge in [0.15, 0.2) is 0 Å². The lowest BCUT2D eigenvalue weighted by Crippen LogP contribution is -2.15. The van der Waals surface area contributed by atoms with Crippen LogP contribution in [0.1, 0.15) is 42.9 Å². The van der Waals surface area contributed by atoms with E-state index in [-0.39, 0.29) is 11.3 Å². The number of hydrogen-bond acceptors (Lipinski definition) is 1.